The summed E-state index contributed by atoms with van der Waals surface area (Å²) in [4.78, 5) is 12.0. The van der Waals surface area contributed by atoms with Crippen LogP contribution in [0.25, 0.3) is 0 Å². The average Bonchev–Trinajstić information content (AvgIpc) is 2.69. The molecule has 2 rings (SSSR count). The van der Waals surface area contributed by atoms with Gasteiger partial charge in [0.05, 0.1) is 10.9 Å². The Hall–Kier alpha value is -2.34. The zero-order valence-corrected chi connectivity index (χ0v) is 19.3. The third-order valence-corrected chi connectivity index (χ3v) is 8.40. The van der Waals surface area contributed by atoms with Gasteiger partial charge in [-0.3, -0.25) is 4.79 Å². The Morgan fingerprint density at radius 1 is 1.03 bits per heavy atom. The molecule has 0 spiro atoms. The lowest BCUT2D eigenvalue weighted by molar-refractivity contribution is -0.117. The molecule has 31 heavy (non-hydrogen) atoms. The number of sulfonamides is 2. The molecule has 2 aromatic rings. The van der Waals surface area contributed by atoms with Gasteiger partial charge < -0.3 is 5.32 Å². The minimum absolute atomic E-state index is 0.0496. The topological polar surface area (TPSA) is 113 Å². The summed E-state index contributed by atoms with van der Waals surface area (Å²) in [6.07, 6.45) is 0. The summed E-state index contributed by atoms with van der Waals surface area (Å²) in [5.74, 6) is -1.66. The number of aryl methyl sites for hydroxylation is 1. The van der Waals surface area contributed by atoms with Gasteiger partial charge in [0, 0.05) is 18.8 Å². The van der Waals surface area contributed by atoms with Crippen molar-refractivity contribution in [2.24, 2.45) is 0 Å². The van der Waals surface area contributed by atoms with E-state index in [1.807, 2.05) is 0 Å². The molecule has 0 radical (unpaired) electrons. The minimum Gasteiger partial charge on any atom is -0.325 e. The highest BCUT2D eigenvalue weighted by Crippen LogP contribution is 2.24. The molecule has 0 unspecified atom stereocenters. The van der Waals surface area contributed by atoms with Crippen LogP contribution < -0.4 is 10.0 Å². The molecule has 0 aliphatic rings. The SMILES string of the molecule is CCN(CC)S(=O)(=O)c1cc(NC(=O)[C@H](C)NS(=O)(=O)c2ccccc2F)ccc1C. The van der Waals surface area contributed by atoms with E-state index in [4.69, 9.17) is 0 Å². The normalized spacial score (nSPS) is 13.2. The van der Waals surface area contributed by atoms with Gasteiger partial charge in [0.2, 0.25) is 26.0 Å². The number of carbonyl (C=O) groups is 1. The van der Waals surface area contributed by atoms with Crippen molar-refractivity contribution in [1.82, 2.24) is 9.03 Å². The van der Waals surface area contributed by atoms with Crippen LogP contribution in [-0.2, 0) is 24.8 Å². The lowest BCUT2D eigenvalue weighted by atomic mass is 10.2. The van der Waals surface area contributed by atoms with Crippen molar-refractivity contribution in [3.05, 3.63) is 53.8 Å². The molecular weight excluding hydrogens is 445 g/mol. The molecule has 0 aliphatic heterocycles. The number of nitrogens with zero attached hydrogens (tertiary/aromatic N) is 1. The van der Waals surface area contributed by atoms with Gasteiger partial charge in [-0.25, -0.2) is 21.2 Å². The third-order valence-electron chi connectivity index (χ3n) is 4.63. The van der Waals surface area contributed by atoms with Gasteiger partial charge >= 0.3 is 0 Å². The van der Waals surface area contributed by atoms with Gasteiger partial charge in [-0.2, -0.15) is 9.03 Å². The van der Waals surface area contributed by atoms with E-state index in [0.29, 0.717) is 18.7 Å². The third kappa shape index (κ3) is 5.67. The van der Waals surface area contributed by atoms with E-state index in [2.05, 4.69) is 10.0 Å². The van der Waals surface area contributed by atoms with Crippen LogP contribution >= 0.6 is 0 Å². The number of nitrogens with one attached hydrogen (secondary N) is 2. The quantitative estimate of drug-likeness (QED) is 0.583. The molecule has 11 heteroatoms. The fourth-order valence-corrected chi connectivity index (χ4v) is 5.91. The Kier molecular flexibility index (Phi) is 7.93. The first-order valence-electron chi connectivity index (χ1n) is 9.62. The van der Waals surface area contributed by atoms with Gasteiger partial charge in [0.1, 0.15) is 10.7 Å². The smallest absolute Gasteiger partial charge is 0.244 e. The van der Waals surface area contributed by atoms with Crippen molar-refractivity contribution in [2.75, 3.05) is 18.4 Å². The second-order valence-electron chi connectivity index (χ2n) is 6.83. The monoisotopic (exact) mass is 471 g/mol. The molecule has 0 heterocycles. The molecule has 2 aromatic carbocycles. The van der Waals surface area contributed by atoms with Gasteiger partial charge in [-0.1, -0.05) is 32.0 Å². The van der Waals surface area contributed by atoms with Crippen molar-refractivity contribution < 1.29 is 26.0 Å². The van der Waals surface area contributed by atoms with Crippen molar-refractivity contribution in [1.29, 1.82) is 0 Å². The van der Waals surface area contributed by atoms with Crippen LogP contribution in [0.2, 0.25) is 0 Å². The number of amides is 1. The zero-order chi connectivity index (χ0) is 23.4. The summed E-state index contributed by atoms with van der Waals surface area (Å²) >= 11 is 0. The van der Waals surface area contributed by atoms with Crippen LogP contribution in [-0.4, -0.2) is 46.2 Å². The molecule has 0 aromatic heterocycles. The Bertz CT molecular complexity index is 1160. The number of hydrogen-bond donors (Lipinski definition) is 2. The van der Waals surface area contributed by atoms with Crippen LogP contribution in [0.3, 0.4) is 0 Å². The van der Waals surface area contributed by atoms with Gasteiger partial charge in [0.25, 0.3) is 0 Å². The van der Waals surface area contributed by atoms with E-state index in [9.17, 15) is 26.0 Å². The van der Waals surface area contributed by atoms with Crippen LogP contribution in [0.4, 0.5) is 10.1 Å². The Balaban J connectivity index is 2.23. The highest BCUT2D eigenvalue weighted by Gasteiger charge is 2.26. The second-order valence-corrected chi connectivity index (χ2v) is 10.4. The number of carbonyl (C=O) groups excluding carboxylic acids is 1. The summed E-state index contributed by atoms with van der Waals surface area (Å²) in [7, 11) is -8.02. The predicted molar refractivity (Wildman–Crippen MR) is 116 cm³/mol. The summed E-state index contributed by atoms with van der Waals surface area (Å²) < 4.78 is 67.7. The lowest BCUT2D eigenvalue weighted by Gasteiger charge is -2.20. The summed E-state index contributed by atoms with van der Waals surface area (Å²) in [6.45, 7) is 6.99. The first-order valence-corrected chi connectivity index (χ1v) is 12.5. The van der Waals surface area contributed by atoms with E-state index in [1.165, 1.54) is 35.5 Å². The largest absolute Gasteiger partial charge is 0.325 e. The first-order chi connectivity index (χ1) is 14.4. The van der Waals surface area contributed by atoms with E-state index >= 15 is 0 Å². The van der Waals surface area contributed by atoms with Crippen LogP contribution in [0.5, 0.6) is 0 Å². The van der Waals surface area contributed by atoms with Crippen LogP contribution in [0.15, 0.2) is 52.3 Å². The number of halogens is 1. The number of rotatable bonds is 9. The Morgan fingerprint density at radius 3 is 2.23 bits per heavy atom. The number of hydrogen-bond acceptors (Lipinski definition) is 5. The Morgan fingerprint density at radius 2 is 1.65 bits per heavy atom. The van der Waals surface area contributed by atoms with E-state index in [0.717, 1.165) is 12.1 Å². The lowest BCUT2D eigenvalue weighted by Crippen LogP contribution is -2.41. The maximum absolute atomic E-state index is 13.8. The molecule has 2 N–H and O–H groups in total. The molecule has 0 aliphatic carbocycles. The summed E-state index contributed by atoms with van der Waals surface area (Å²) in [6, 6.07) is 7.98. The maximum Gasteiger partial charge on any atom is 0.244 e. The maximum atomic E-state index is 13.8. The standard InChI is InChI=1S/C20H26FN3O5S2/c1-5-24(6-2)31(28,29)19-13-16(12-11-14(19)3)22-20(25)15(4)23-30(26,27)18-10-8-7-9-17(18)21/h7-13,15,23H,5-6H2,1-4H3,(H,22,25)/t15-/m0/s1. The van der Waals surface area contributed by atoms with Gasteiger partial charge in [-0.05, 0) is 43.7 Å². The molecule has 8 nitrogen and oxygen atoms in total. The fraction of sp³-hybridized carbons (Fsp3) is 0.350. The minimum atomic E-state index is -4.27. The van der Waals surface area contributed by atoms with Crippen LogP contribution in [0.1, 0.15) is 26.3 Å². The van der Waals surface area contributed by atoms with Crippen molar-refractivity contribution in [2.45, 2.75) is 43.5 Å². The number of benzene rings is 2. The molecule has 0 saturated carbocycles. The molecular formula is C20H26FN3O5S2. The Labute approximate surface area is 182 Å². The van der Waals surface area contributed by atoms with E-state index in [-0.39, 0.29) is 10.6 Å². The number of anilines is 1. The highest BCUT2D eigenvalue weighted by molar-refractivity contribution is 7.89. The molecule has 0 bridgehead atoms. The highest BCUT2D eigenvalue weighted by atomic mass is 32.2. The predicted octanol–water partition coefficient (Wildman–Crippen LogP) is 2.47. The molecule has 1 amide bonds. The van der Waals surface area contributed by atoms with Gasteiger partial charge in [0.15, 0.2) is 0 Å². The first kappa shape index (κ1) is 24.9. The summed E-state index contributed by atoms with van der Waals surface area (Å²) in [5, 5.41) is 2.50. The van der Waals surface area contributed by atoms with Crippen LogP contribution in [0, 0.1) is 12.7 Å². The van der Waals surface area contributed by atoms with Crippen molar-refractivity contribution in [3.63, 3.8) is 0 Å². The van der Waals surface area contributed by atoms with Gasteiger partial charge in [-0.15, -0.1) is 0 Å². The average molecular weight is 472 g/mol. The second kappa shape index (κ2) is 9.86. The molecule has 170 valence electrons. The molecule has 1 atom stereocenters. The molecule has 0 saturated heterocycles. The fourth-order valence-electron chi connectivity index (χ4n) is 2.92. The molecule has 0 fully saturated rings. The van der Waals surface area contributed by atoms with Crippen molar-refractivity contribution in [3.8, 4) is 0 Å². The summed E-state index contributed by atoms with van der Waals surface area (Å²) in [5.41, 5.74) is 0.705. The van der Waals surface area contributed by atoms with E-state index < -0.39 is 42.7 Å². The van der Waals surface area contributed by atoms with Crippen molar-refractivity contribution >= 4 is 31.6 Å². The van der Waals surface area contributed by atoms with E-state index in [1.54, 1.807) is 26.8 Å². The zero-order valence-electron chi connectivity index (χ0n) is 17.7.